The highest BCUT2D eigenvalue weighted by Crippen LogP contribution is 2.32. The fourth-order valence-corrected chi connectivity index (χ4v) is 2.32. The molecule has 0 aliphatic heterocycles. The highest BCUT2D eigenvalue weighted by Gasteiger charge is 2.36. The molecule has 0 aromatic heterocycles. The second kappa shape index (κ2) is 7.19. The lowest BCUT2D eigenvalue weighted by Gasteiger charge is -2.35. The van der Waals surface area contributed by atoms with E-state index in [-0.39, 0.29) is 0 Å². The van der Waals surface area contributed by atoms with Gasteiger partial charge in [0.15, 0.2) is 0 Å². The Kier molecular flexibility index (Phi) is 5.39. The standard InChI is InChI=1S/C19H19F3N2O2/c1-18(2,3)24(17(26)13-9-5-4-6-10-13)23-16(25)14-11-7-8-12-15(14)19(20,21)22/h4-12H,1-3H3,(H,23,25). The summed E-state index contributed by atoms with van der Waals surface area (Å²) in [4.78, 5) is 25.2. The lowest BCUT2D eigenvalue weighted by Crippen LogP contribution is -2.56. The summed E-state index contributed by atoms with van der Waals surface area (Å²) in [6.45, 7) is 5.01. The molecule has 0 saturated carbocycles. The quantitative estimate of drug-likeness (QED) is 0.808. The molecule has 1 N–H and O–H groups in total. The zero-order valence-corrected chi connectivity index (χ0v) is 14.6. The molecule has 0 heterocycles. The van der Waals surface area contributed by atoms with Crippen LogP contribution in [0.3, 0.4) is 0 Å². The second-order valence-corrected chi connectivity index (χ2v) is 6.66. The summed E-state index contributed by atoms with van der Waals surface area (Å²) in [6.07, 6.45) is -4.68. The molecular weight excluding hydrogens is 345 g/mol. The van der Waals surface area contributed by atoms with Gasteiger partial charge in [0.2, 0.25) is 0 Å². The lowest BCUT2D eigenvalue weighted by atomic mass is 10.1. The molecule has 26 heavy (non-hydrogen) atoms. The van der Waals surface area contributed by atoms with Crippen molar-refractivity contribution in [1.82, 2.24) is 10.4 Å². The molecule has 0 saturated heterocycles. The summed E-state index contributed by atoms with van der Waals surface area (Å²) in [7, 11) is 0. The number of hydrogen-bond donors (Lipinski definition) is 1. The number of nitrogens with one attached hydrogen (secondary N) is 1. The number of nitrogens with zero attached hydrogens (tertiary/aromatic N) is 1. The summed E-state index contributed by atoms with van der Waals surface area (Å²) >= 11 is 0. The molecular formula is C19H19F3N2O2. The zero-order chi connectivity index (χ0) is 19.5. The Morgan fingerprint density at radius 2 is 1.42 bits per heavy atom. The van der Waals surface area contributed by atoms with E-state index < -0.39 is 34.7 Å². The minimum absolute atomic E-state index is 0.312. The van der Waals surface area contributed by atoms with Crippen molar-refractivity contribution in [2.75, 3.05) is 0 Å². The predicted molar refractivity (Wildman–Crippen MR) is 91.3 cm³/mol. The van der Waals surface area contributed by atoms with E-state index in [4.69, 9.17) is 0 Å². The van der Waals surface area contributed by atoms with Gasteiger partial charge in [0.25, 0.3) is 11.8 Å². The monoisotopic (exact) mass is 364 g/mol. The van der Waals surface area contributed by atoms with Gasteiger partial charge < -0.3 is 0 Å². The predicted octanol–water partition coefficient (Wildman–Crippen LogP) is 4.29. The third kappa shape index (κ3) is 4.41. The van der Waals surface area contributed by atoms with Crippen molar-refractivity contribution in [3.63, 3.8) is 0 Å². The summed E-state index contributed by atoms with van der Waals surface area (Å²) in [5.41, 5.74) is 0.186. The molecule has 2 amide bonds. The molecule has 0 bridgehead atoms. The van der Waals surface area contributed by atoms with Crippen molar-refractivity contribution >= 4 is 11.8 Å². The Labute approximate surface area is 149 Å². The van der Waals surface area contributed by atoms with Crippen LogP contribution in [0.25, 0.3) is 0 Å². The van der Waals surface area contributed by atoms with Gasteiger partial charge in [0.1, 0.15) is 0 Å². The maximum Gasteiger partial charge on any atom is 0.417 e. The zero-order valence-electron chi connectivity index (χ0n) is 14.6. The van der Waals surface area contributed by atoms with Crippen molar-refractivity contribution in [3.8, 4) is 0 Å². The molecule has 0 unspecified atom stereocenters. The number of hydrazine groups is 1. The van der Waals surface area contributed by atoms with E-state index >= 15 is 0 Å². The Hall–Kier alpha value is -2.83. The minimum Gasteiger partial charge on any atom is -0.267 e. The molecule has 2 rings (SSSR count). The molecule has 0 aliphatic carbocycles. The topological polar surface area (TPSA) is 49.4 Å². The number of hydrogen-bond acceptors (Lipinski definition) is 2. The van der Waals surface area contributed by atoms with Crippen LogP contribution in [0.4, 0.5) is 13.2 Å². The van der Waals surface area contributed by atoms with Crippen LogP contribution in [0.15, 0.2) is 54.6 Å². The van der Waals surface area contributed by atoms with Gasteiger partial charge in [-0.2, -0.15) is 13.2 Å². The third-order valence-electron chi connectivity index (χ3n) is 3.59. The summed E-state index contributed by atoms with van der Waals surface area (Å²) in [5.74, 6) is -1.52. The molecule has 4 nitrogen and oxygen atoms in total. The van der Waals surface area contributed by atoms with E-state index in [1.807, 2.05) is 0 Å². The maximum atomic E-state index is 13.1. The van der Waals surface area contributed by atoms with Gasteiger partial charge in [-0.05, 0) is 45.0 Å². The van der Waals surface area contributed by atoms with Crippen LogP contribution in [0.2, 0.25) is 0 Å². The van der Waals surface area contributed by atoms with Crippen molar-refractivity contribution in [3.05, 3.63) is 71.3 Å². The Balaban J connectivity index is 2.36. The molecule has 7 heteroatoms. The van der Waals surface area contributed by atoms with Crippen LogP contribution in [0.5, 0.6) is 0 Å². The number of alkyl halides is 3. The van der Waals surface area contributed by atoms with E-state index in [0.717, 1.165) is 17.1 Å². The van der Waals surface area contributed by atoms with E-state index in [2.05, 4.69) is 5.43 Å². The number of benzene rings is 2. The van der Waals surface area contributed by atoms with Crippen molar-refractivity contribution in [2.45, 2.75) is 32.5 Å². The Morgan fingerprint density at radius 3 is 1.96 bits per heavy atom. The van der Waals surface area contributed by atoms with Crippen LogP contribution in [0.1, 0.15) is 47.1 Å². The average Bonchev–Trinajstić information content (AvgIpc) is 2.58. The largest absolute Gasteiger partial charge is 0.417 e. The highest BCUT2D eigenvalue weighted by atomic mass is 19.4. The van der Waals surface area contributed by atoms with Gasteiger partial charge in [0, 0.05) is 5.56 Å². The van der Waals surface area contributed by atoms with Crippen LogP contribution < -0.4 is 5.43 Å². The van der Waals surface area contributed by atoms with Crippen LogP contribution in [0, 0.1) is 0 Å². The van der Waals surface area contributed by atoms with E-state index in [0.29, 0.717) is 5.56 Å². The number of halogens is 3. The first-order valence-corrected chi connectivity index (χ1v) is 7.88. The highest BCUT2D eigenvalue weighted by molar-refractivity contribution is 6.00. The Bertz CT molecular complexity index is 796. The van der Waals surface area contributed by atoms with Gasteiger partial charge >= 0.3 is 6.18 Å². The van der Waals surface area contributed by atoms with Gasteiger partial charge in [-0.25, -0.2) is 5.01 Å². The molecule has 0 aliphatic rings. The smallest absolute Gasteiger partial charge is 0.267 e. The molecule has 0 radical (unpaired) electrons. The van der Waals surface area contributed by atoms with Gasteiger partial charge in [-0.15, -0.1) is 0 Å². The molecule has 2 aromatic carbocycles. The summed E-state index contributed by atoms with van der Waals surface area (Å²) in [6, 6.07) is 12.6. The fraction of sp³-hybridized carbons (Fsp3) is 0.263. The number of amides is 2. The third-order valence-corrected chi connectivity index (χ3v) is 3.59. The number of carbonyl (C=O) groups is 2. The van der Waals surface area contributed by atoms with Crippen LogP contribution >= 0.6 is 0 Å². The second-order valence-electron chi connectivity index (χ2n) is 6.66. The van der Waals surface area contributed by atoms with Gasteiger partial charge in [-0.3, -0.25) is 15.0 Å². The molecule has 0 atom stereocenters. The van der Waals surface area contributed by atoms with Crippen LogP contribution in [-0.2, 0) is 6.18 Å². The molecule has 2 aromatic rings. The van der Waals surface area contributed by atoms with E-state index in [1.165, 1.54) is 12.1 Å². The van der Waals surface area contributed by atoms with Gasteiger partial charge in [0.05, 0.1) is 16.7 Å². The molecule has 138 valence electrons. The normalized spacial score (nSPS) is 11.8. The number of rotatable bonds is 2. The van der Waals surface area contributed by atoms with Crippen molar-refractivity contribution in [1.29, 1.82) is 0 Å². The number of carbonyl (C=O) groups excluding carboxylic acids is 2. The molecule has 0 spiro atoms. The average molecular weight is 364 g/mol. The van der Waals surface area contributed by atoms with Crippen molar-refractivity contribution in [2.24, 2.45) is 0 Å². The first-order chi connectivity index (χ1) is 12.0. The summed E-state index contributed by atoms with van der Waals surface area (Å²) in [5, 5.41) is 1.04. The lowest BCUT2D eigenvalue weighted by molar-refractivity contribution is -0.138. The first-order valence-electron chi connectivity index (χ1n) is 7.88. The minimum atomic E-state index is -4.68. The molecule has 0 fully saturated rings. The van der Waals surface area contributed by atoms with E-state index in [1.54, 1.807) is 51.1 Å². The first kappa shape index (κ1) is 19.5. The van der Waals surface area contributed by atoms with Gasteiger partial charge in [-0.1, -0.05) is 30.3 Å². The Morgan fingerprint density at radius 1 is 0.885 bits per heavy atom. The van der Waals surface area contributed by atoms with Crippen LogP contribution in [-0.4, -0.2) is 22.4 Å². The SMILES string of the molecule is CC(C)(C)N(NC(=O)c1ccccc1C(F)(F)F)C(=O)c1ccccc1. The maximum absolute atomic E-state index is 13.1. The fourth-order valence-electron chi connectivity index (χ4n) is 2.32. The van der Waals surface area contributed by atoms with E-state index in [9.17, 15) is 22.8 Å². The summed E-state index contributed by atoms with van der Waals surface area (Å²) < 4.78 is 39.4. The van der Waals surface area contributed by atoms with Crippen molar-refractivity contribution < 1.29 is 22.8 Å².